The van der Waals surface area contributed by atoms with Crippen LogP contribution in [0.3, 0.4) is 0 Å². The van der Waals surface area contributed by atoms with Gasteiger partial charge in [-0.1, -0.05) is 0 Å². The van der Waals surface area contributed by atoms with Crippen LogP contribution in [0, 0.1) is 17.0 Å². The van der Waals surface area contributed by atoms with Crippen LogP contribution >= 0.6 is 0 Å². The number of aryl methyl sites for hydroxylation is 1. The number of allylic oxidation sites excluding steroid dienone is 1. The zero-order valence-electron chi connectivity index (χ0n) is 11.4. The SMILES string of the molecule is CN=C(/C=C(\C)C(F)(F)F)Oc1ccc([N+](=O)[O-])c(C)n1. The summed E-state index contributed by atoms with van der Waals surface area (Å²) in [6, 6.07) is 2.35. The van der Waals surface area contributed by atoms with Crippen molar-refractivity contribution in [3.63, 3.8) is 0 Å². The maximum Gasteiger partial charge on any atom is 0.412 e. The fourth-order valence-corrected chi connectivity index (χ4v) is 1.29. The van der Waals surface area contributed by atoms with Gasteiger partial charge in [-0.05, 0) is 13.8 Å². The quantitative estimate of drug-likeness (QED) is 0.372. The van der Waals surface area contributed by atoms with Crippen LogP contribution in [0.5, 0.6) is 5.88 Å². The number of aromatic nitrogens is 1. The Kier molecular flexibility index (Phi) is 5.01. The van der Waals surface area contributed by atoms with Gasteiger partial charge in [0.05, 0.1) is 4.92 Å². The summed E-state index contributed by atoms with van der Waals surface area (Å²) in [5.41, 5.74) is -1.01. The average molecular weight is 303 g/mol. The molecule has 1 rings (SSSR count). The van der Waals surface area contributed by atoms with E-state index in [-0.39, 0.29) is 23.2 Å². The Morgan fingerprint density at radius 2 is 2.10 bits per heavy atom. The molecule has 0 aliphatic carbocycles. The molecule has 114 valence electrons. The van der Waals surface area contributed by atoms with Crippen LogP contribution in [0.4, 0.5) is 18.9 Å². The molecule has 0 radical (unpaired) electrons. The summed E-state index contributed by atoms with van der Waals surface area (Å²) in [6.07, 6.45) is -3.77. The van der Waals surface area contributed by atoms with E-state index in [9.17, 15) is 23.3 Å². The zero-order chi connectivity index (χ0) is 16.2. The molecule has 0 spiro atoms. The maximum absolute atomic E-state index is 12.4. The van der Waals surface area contributed by atoms with Crippen LogP contribution in [0.15, 0.2) is 28.8 Å². The van der Waals surface area contributed by atoms with Gasteiger partial charge in [-0.25, -0.2) is 4.98 Å². The molecule has 0 saturated carbocycles. The predicted octanol–water partition coefficient (Wildman–Crippen LogP) is 3.21. The van der Waals surface area contributed by atoms with Gasteiger partial charge in [-0.2, -0.15) is 13.2 Å². The van der Waals surface area contributed by atoms with Crippen molar-refractivity contribution in [2.75, 3.05) is 7.05 Å². The molecule has 1 aromatic rings. The van der Waals surface area contributed by atoms with E-state index in [1.807, 2.05) is 0 Å². The molecule has 0 aliphatic rings. The summed E-state index contributed by atoms with van der Waals surface area (Å²) in [6.45, 7) is 2.27. The molecular formula is C12H12F3N3O3. The molecule has 0 bridgehead atoms. The first-order chi connectivity index (χ1) is 9.65. The summed E-state index contributed by atoms with van der Waals surface area (Å²) in [5.74, 6) is -0.379. The smallest absolute Gasteiger partial charge is 0.412 e. The van der Waals surface area contributed by atoms with Gasteiger partial charge in [0.2, 0.25) is 11.8 Å². The van der Waals surface area contributed by atoms with Gasteiger partial charge < -0.3 is 4.74 Å². The Morgan fingerprint density at radius 1 is 1.48 bits per heavy atom. The number of alkyl halides is 3. The van der Waals surface area contributed by atoms with Crippen LogP contribution in [-0.4, -0.2) is 29.0 Å². The Labute approximate surface area is 118 Å². The second kappa shape index (κ2) is 6.33. The van der Waals surface area contributed by atoms with Crippen LogP contribution in [0.2, 0.25) is 0 Å². The highest BCUT2D eigenvalue weighted by molar-refractivity contribution is 5.90. The topological polar surface area (TPSA) is 77.6 Å². The summed E-state index contributed by atoms with van der Waals surface area (Å²) in [7, 11) is 1.26. The third kappa shape index (κ3) is 4.55. The first kappa shape index (κ1) is 16.6. The highest BCUT2D eigenvalue weighted by Gasteiger charge is 2.30. The van der Waals surface area contributed by atoms with E-state index in [1.165, 1.54) is 20.0 Å². The summed E-state index contributed by atoms with van der Waals surface area (Å²) < 4.78 is 42.3. The van der Waals surface area contributed by atoms with Gasteiger partial charge in [-0.15, -0.1) is 0 Å². The number of aliphatic imine (C=N–C) groups is 1. The molecule has 9 heteroatoms. The van der Waals surface area contributed by atoms with Crippen molar-refractivity contribution < 1.29 is 22.8 Å². The van der Waals surface area contributed by atoms with Crippen LogP contribution in [0.1, 0.15) is 12.6 Å². The third-order valence-electron chi connectivity index (χ3n) is 2.45. The minimum Gasteiger partial charge on any atom is -0.421 e. The highest BCUT2D eigenvalue weighted by Crippen LogP contribution is 2.25. The molecule has 0 aromatic carbocycles. The van der Waals surface area contributed by atoms with Gasteiger partial charge in [0, 0.05) is 30.8 Å². The molecule has 1 heterocycles. The molecule has 0 N–H and O–H groups in total. The number of rotatable bonds is 3. The predicted molar refractivity (Wildman–Crippen MR) is 69.4 cm³/mol. The van der Waals surface area contributed by atoms with Crippen molar-refractivity contribution in [2.24, 2.45) is 4.99 Å². The number of nitrogens with zero attached hydrogens (tertiary/aromatic N) is 3. The van der Waals surface area contributed by atoms with E-state index in [1.54, 1.807) is 0 Å². The van der Waals surface area contributed by atoms with Crippen LogP contribution < -0.4 is 4.74 Å². The fourth-order valence-electron chi connectivity index (χ4n) is 1.29. The normalized spacial score (nSPS) is 13.2. The molecule has 1 aromatic heterocycles. The van der Waals surface area contributed by atoms with Gasteiger partial charge in [-0.3, -0.25) is 15.1 Å². The number of hydrogen-bond acceptors (Lipinski definition) is 5. The fraction of sp³-hybridized carbons (Fsp3) is 0.333. The van der Waals surface area contributed by atoms with Crippen LogP contribution in [-0.2, 0) is 0 Å². The minimum atomic E-state index is -4.49. The summed E-state index contributed by atoms with van der Waals surface area (Å²) in [4.78, 5) is 17.4. The molecule has 0 atom stereocenters. The first-order valence-corrected chi connectivity index (χ1v) is 5.67. The number of pyridine rings is 1. The number of halogens is 3. The number of ether oxygens (including phenoxy) is 1. The highest BCUT2D eigenvalue weighted by atomic mass is 19.4. The largest absolute Gasteiger partial charge is 0.421 e. The lowest BCUT2D eigenvalue weighted by Crippen LogP contribution is -2.14. The second-order valence-corrected chi connectivity index (χ2v) is 4.00. The Hall–Kier alpha value is -2.45. The monoisotopic (exact) mass is 303 g/mol. The minimum absolute atomic E-state index is 0.0788. The standard InChI is InChI=1S/C12H12F3N3O3/c1-7(12(13,14)15)6-11(16-3)21-10-5-4-9(18(19)20)8(2)17-10/h4-6H,1-3H3/b7-6+,16-11?. The lowest BCUT2D eigenvalue weighted by atomic mass is 10.3. The molecule has 0 saturated heterocycles. The van der Waals surface area contributed by atoms with Crippen molar-refractivity contribution >= 4 is 11.6 Å². The molecule has 0 fully saturated rings. The van der Waals surface area contributed by atoms with E-state index in [0.29, 0.717) is 0 Å². The Balaban J connectivity index is 2.99. The van der Waals surface area contributed by atoms with E-state index < -0.39 is 16.7 Å². The lowest BCUT2D eigenvalue weighted by Gasteiger charge is -2.08. The lowest BCUT2D eigenvalue weighted by molar-refractivity contribution is -0.385. The molecule has 0 unspecified atom stereocenters. The molecule has 0 amide bonds. The summed E-state index contributed by atoms with van der Waals surface area (Å²) in [5, 5.41) is 10.6. The van der Waals surface area contributed by atoms with Crippen molar-refractivity contribution in [3.8, 4) is 5.88 Å². The third-order valence-corrected chi connectivity index (χ3v) is 2.45. The van der Waals surface area contributed by atoms with Gasteiger partial charge in [0.25, 0.3) is 5.69 Å². The van der Waals surface area contributed by atoms with Crippen LogP contribution in [0.25, 0.3) is 0 Å². The number of nitro groups is 1. The zero-order valence-corrected chi connectivity index (χ0v) is 11.4. The second-order valence-electron chi connectivity index (χ2n) is 4.00. The van der Waals surface area contributed by atoms with E-state index in [2.05, 4.69) is 9.98 Å². The first-order valence-electron chi connectivity index (χ1n) is 5.67. The number of hydrogen-bond donors (Lipinski definition) is 0. The van der Waals surface area contributed by atoms with Gasteiger partial charge >= 0.3 is 6.18 Å². The molecule has 21 heavy (non-hydrogen) atoms. The Bertz CT molecular complexity index is 610. The molecular weight excluding hydrogens is 291 g/mol. The van der Waals surface area contributed by atoms with E-state index >= 15 is 0 Å². The molecule has 0 aliphatic heterocycles. The summed E-state index contributed by atoms with van der Waals surface area (Å²) >= 11 is 0. The van der Waals surface area contributed by atoms with Crippen molar-refractivity contribution in [3.05, 3.63) is 39.6 Å². The van der Waals surface area contributed by atoms with E-state index in [0.717, 1.165) is 19.1 Å². The van der Waals surface area contributed by atoms with Crippen molar-refractivity contribution in [1.29, 1.82) is 0 Å². The molecule has 6 nitrogen and oxygen atoms in total. The van der Waals surface area contributed by atoms with E-state index in [4.69, 9.17) is 4.74 Å². The maximum atomic E-state index is 12.4. The van der Waals surface area contributed by atoms with Gasteiger partial charge in [0.1, 0.15) is 5.69 Å². The van der Waals surface area contributed by atoms with Crippen molar-refractivity contribution in [1.82, 2.24) is 4.98 Å². The van der Waals surface area contributed by atoms with Gasteiger partial charge in [0.15, 0.2) is 0 Å². The average Bonchev–Trinajstić information content (AvgIpc) is 2.36. The Morgan fingerprint density at radius 3 is 2.52 bits per heavy atom. The van der Waals surface area contributed by atoms with Crippen molar-refractivity contribution in [2.45, 2.75) is 20.0 Å².